The molecule has 0 bridgehead atoms. The van der Waals surface area contributed by atoms with Gasteiger partial charge in [0.25, 0.3) is 0 Å². The summed E-state index contributed by atoms with van der Waals surface area (Å²) in [6.07, 6.45) is 0.971. The zero-order chi connectivity index (χ0) is 12.3. The fourth-order valence-corrected chi connectivity index (χ4v) is 1.73. The molecule has 0 aliphatic carbocycles. The topological polar surface area (TPSA) is 71.2 Å². The van der Waals surface area contributed by atoms with Crippen molar-refractivity contribution in [2.24, 2.45) is 0 Å². The maximum Gasteiger partial charge on any atom is 0.108 e. The van der Waals surface area contributed by atoms with Crippen molar-refractivity contribution < 1.29 is 10.2 Å². The molecule has 6 heteroatoms. The number of aliphatic hydroxyl groups excluding tert-OH is 2. The molecule has 5 nitrogen and oxygen atoms in total. The fraction of sp³-hybridized carbons (Fsp3) is 0.273. The van der Waals surface area contributed by atoms with Crippen LogP contribution in [-0.2, 0) is 13.2 Å². The van der Waals surface area contributed by atoms with Gasteiger partial charge >= 0.3 is 0 Å². The van der Waals surface area contributed by atoms with Crippen LogP contribution in [0.4, 0.5) is 0 Å². The van der Waals surface area contributed by atoms with Crippen LogP contribution in [0.2, 0.25) is 0 Å². The summed E-state index contributed by atoms with van der Waals surface area (Å²) in [4.78, 5) is 0. The van der Waals surface area contributed by atoms with Crippen molar-refractivity contribution in [2.45, 2.75) is 19.3 Å². The smallest absolute Gasteiger partial charge is 0.108 e. The van der Waals surface area contributed by atoms with Crippen molar-refractivity contribution >= 4 is 15.9 Å². The first-order chi connectivity index (χ1) is 8.19. The molecule has 0 amide bonds. The molecule has 0 saturated heterocycles. The molecule has 2 N–H and O–H groups in total. The minimum Gasteiger partial charge on any atom is -0.390 e. The Balaban J connectivity index is 2.05. The fourth-order valence-electron chi connectivity index (χ4n) is 1.47. The van der Waals surface area contributed by atoms with E-state index in [-0.39, 0.29) is 6.61 Å². The van der Waals surface area contributed by atoms with Gasteiger partial charge < -0.3 is 10.2 Å². The largest absolute Gasteiger partial charge is 0.390 e. The molecule has 1 atom stereocenters. The molecule has 17 heavy (non-hydrogen) atoms. The van der Waals surface area contributed by atoms with Crippen molar-refractivity contribution in [2.75, 3.05) is 0 Å². The molecule has 0 saturated carbocycles. The van der Waals surface area contributed by atoms with Gasteiger partial charge in [0.05, 0.1) is 25.5 Å². The average Bonchev–Trinajstić information content (AvgIpc) is 2.77. The molecule has 0 radical (unpaired) electrons. The minimum absolute atomic E-state index is 0.144. The van der Waals surface area contributed by atoms with Gasteiger partial charge in [-0.3, -0.25) is 0 Å². The molecule has 0 aliphatic rings. The first-order valence-corrected chi connectivity index (χ1v) is 5.91. The van der Waals surface area contributed by atoms with E-state index in [0.29, 0.717) is 12.2 Å². The summed E-state index contributed by atoms with van der Waals surface area (Å²) in [7, 11) is 0. The van der Waals surface area contributed by atoms with Gasteiger partial charge in [-0.25, -0.2) is 4.68 Å². The van der Waals surface area contributed by atoms with Crippen LogP contribution in [0.1, 0.15) is 17.4 Å². The third-order valence-corrected chi connectivity index (χ3v) is 2.89. The Labute approximate surface area is 107 Å². The minimum atomic E-state index is -0.642. The van der Waals surface area contributed by atoms with Crippen LogP contribution in [0.25, 0.3) is 0 Å². The predicted molar refractivity (Wildman–Crippen MR) is 65.0 cm³/mol. The van der Waals surface area contributed by atoms with Gasteiger partial charge in [-0.2, -0.15) is 0 Å². The molecule has 0 unspecified atom stereocenters. The molecule has 0 aliphatic heterocycles. The molecular weight excluding hydrogens is 286 g/mol. The molecule has 2 rings (SSSR count). The van der Waals surface area contributed by atoms with Crippen LogP contribution in [-0.4, -0.2) is 25.2 Å². The summed E-state index contributed by atoms with van der Waals surface area (Å²) < 4.78 is 2.48. The quantitative estimate of drug-likeness (QED) is 0.891. The highest BCUT2D eigenvalue weighted by molar-refractivity contribution is 9.10. The van der Waals surface area contributed by atoms with Crippen LogP contribution >= 0.6 is 15.9 Å². The summed E-state index contributed by atoms with van der Waals surface area (Å²) in [5, 5.41) is 26.4. The molecular formula is C11H12BrN3O2. The lowest BCUT2D eigenvalue weighted by Crippen LogP contribution is -2.09. The van der Waals surface area contributed by atoms with Gasteiger partial charge in [0.15, 0.2) is 0 Å². The molecule has 2 aromatic rings. The van der Waals surface area contributed by atoms with Crippen LogP contribution in [0.15, 0.2) is 34.9 Å². The third-order valence-electron chi connectivity index (χ3n) is 2.36. The van der Waals surface area contributed by atoms with E-state index >= 15 is 0 Å². The van der Waals surface area contributed by atoms with Crippen LogP contribution in [0, 0.1) is 0 Å². The lowest BCUT2D eigenvalue weighted by molar-refractivity contribution is 0.150. The molecule has 1 aromatic carbocycles. The summed E-state index contributed by atoms with van der Waals surface area (Å²) in [5.41, 5.74) is 1.31. The van der Waals surface area contributed by atoms with Crippen molar-refractivity contribution in [3.8, 4) is 0 Å². The number of aromatic nitrogens is 3. The van der Waals surface area contributed by atoms with Crippen molar-refractivity contribution in [3.05, 3.63) is 46.2 Å². The van der Waals surface area contributed by atoms with Gasteiger partial charge in [-0.1, -0.05) is 33.3 Å². The summed E-state index contributed by atoms with van der Waals surface area (Å²) >= 11 is 3.34. The predicted octanol–water partition coefficient (Wildman–Crippen LogP) is 1.27. The van der Waals surface area contributed by atoms with E-state index in [9.17, 15) is 5.11 Å². The number of nitrogens with zero attached hydrogens (tertiary/aromatic N) is 3. The number of benzene rings is 1. The lowest BCUT2D eigenvalue weighted by atomic mass is 10.1. The van der Waals surface area contributed by atoms with Crippen LogP contribution in [0.3, 0.4) is 0 Å². The maximum atomic E-state index is 9.98. The van der Waals surface area contributed by atoms with E-state index in [4.69, 9.17) is 5.11 Å². The van der Waals surface area contributed by atoms with E-state index in [1.165, 1.54) is 4.68 Å². The highest BCUT2D eigenvalue weighted by atomic mass is 79.9. The number of hydrogen-bond acceptors (Lipinski definition) is 4. The normalized spacial score (nSPS) is 12.6. The van der Waals surface area contributed by atoms with E-state index in [2.05, 4.69) is 26.2 Å². The Kier molecular flexibility index (Phi) is 3.88. The molecule has 0 fully saturated rings. The highest BCUT2D eigenvalue weighted by Gasteiger charge is 2.09. The van der Waals surface area contributed by atoms with Crippen molar-refractivity contribution in [1.29, 1.82) is 0 Å². The Morgan fingerprint density at radius 1 is 1.29 bits per heavy atom. The second-order valence-corrected chi connectivity index (χ2v) is 4.57. The lowest BCUT2D eigenvalue weighted by Gasteiger charge is -2.10. The molecule has 0 spiro atoms. The summed E-state index contributed by atoms with van der Waals surface area (Å²) in [5.74, 6) is 0. The van der Waals surface area contributed by atoms with Crippen molar-refractivity contribution in [1.82, 2.24) is 15.0 Å². The van der Waals surface area contributed by atoms with E-state index in [1.807, 2.05) is 24.3 Å². The molecule has 1 heterocycles. The summed E-state index contributed by atoms with van der Waals surface area (Å²) in [6, 6.07) is 7.44. The number of halogens is 1. The number of rotatable bonds is 4. The second-order valence-electron chi connectivity index (χ2n) is 3.66. The highest BCUT2D eigenvalue weighted by Crippen LogP contribution is 2.18. The Morgan fingerprint density at radius 2 is 2.00 bits per heavy atom. The van der Waals surface area contributed by atoms with E-state index in [1.54, 1.807) is 6.20 Å². The first kappa shape index (κ1) is 12.2. The van der Waals surface area contributed by atoms with Gasteiger partial charge in [0.1, 0.15) is 5.69 Å². The van der Waals surface area contributed by atoms with E-state index < -0.39 is 6.10 Å². The average molecular weight is 298 g/mol. The Morgan fingerprint density at radius 3 is 2.59 bits per heavy atom. The van der Waals surface area contributed by atoms with Gasteiger partial charge in [-0.15, -0.1) is 5.10 Å². The van der Waals surface area contributed by atoms with Gasteiger partial charge in [0.2, 0.25) is 0 Å². The van der Waals surface area contributed by atoms with Crippen LogP contribution in [0.5, 0.6) is 0 Å². The summed E-state index contributed by atoms with van der Waals surface area (Å²) in [6.45, 7) is 0.170. The zero-order valence-corrected chi connectivity index (χ0v) is 10.6. The molecule has 90 valence electrons. The monoisotopic (exact) mass is 297 g/mol. The second kappa shape index (κ2) is 5.39. The van der Waals surface area contributed by atoms with Crippen LogP contribution < -0.4 is 0 Å². The van der Waals surface area contributed by atoms with Gasteiger partial charge in [-0.05, 0) is 17.7 Å². The Hall–Kier alpha value is -1.24. The third kappa shape index (κ3) is 3.12. The maximum absolute atomic E-state index is 9.98. The van der Waals surface area contributed by atoms with Gasteiger partial charge in [0, 0.05) is 4.47 Å². The molecule has 1 aromatic heterocycles. The Bertz CT molecular complexity index is 484. The number of hydrogen-bond donors (Lipinski definition) is 2. The zero-order valence-electron chi connectivity index (χ0n) is 8.99. The first-order valence-electron chi connectivity index (χ1n) is 5.12. The number of aliphatic hydroxyl groups is 2. The standard InChI is InChI=1S/C11H12BrN3O2/c12-9-3-1-8(2-4-9)11(17)6-15-5-10(7-16)13-14-15/h1-5,11,16-17H,6-7H2/t11-/m0/s1. The van der Waals surface area contributed by atoms with Crippen molar-refractivity contribution in [3.63, 3.8) is 0 Å². The SMILES string of the molecule is OCc1cn(C[C@H](O)c2ccc(Br)cc2)nn1. The van der Waals surface area contributed by atoms with E-state index in [0.717, 1.165) is 10.0 Å².